The Kier molecular flexibility index (Phi) is 2.08. The van der Waals surface area contributed by atoms with Gasteiger partial charge in [-0.1, -0.05) is 12.1 Å². The third kappa shape index (κ3) is 1.73. The molecule has 0 bridgehead atoms. The summed E-state index contributed by atoms with van der Waals surface area (Å²) in [5.41, 5.74) is 1.02. The Bertz CT molecular complexity index is 309. The van der Waals surface area contributed by atoms with E-state index in [0.29, 0.717) is 11.8 Å². The molecule has 0 amide bonds. The highest BCUT2D eigenvalue weighted by molar-refractivity contribution is 5.26. The topological polar surface area (TPSA) is 20.2 Å². The summed E-state index contributed by atoms with van der Waals surface area (Å²) in [6, 6.07) is 6.66. The third-order valence-electron chi connectivity index (χ3n) is 2.74. The van der Waals surface area contributed by atoms with Gasteiger partial charge in [0.25, 0.3) is 0 Å². The van der Waals surface area contributed by atoms with Crippen molar-refractivity contribution >= 4 is 0 Å². The minimum Gasteiger partial charge on any atom is -0.393 e. The second-order valence-corrected chi connectivity index (χ2v) is 3.80. The van der Waals surface area contributed by atoms with E-state index in [-0.39, 0.29) is 11.9 Å². The number of rotatable bonds is 2. The Morgan fingerprint density at radius 1 is 1.54 bits per heavy atom. The molecule has 1 aromatic carbocycles. The molecular formula is C11H13FO. The molecule has 1 aromatic rings. The highest BCUT2D eigenvalue weighted by Gasteiger charge is 2.41. The minimum absolute atomic E-state index is 0.186. The van der Waals surface area contributed by atoms with Gasteiger partial charge in [0.15, 0.2) is 0 Å². The van der Waals surface area contributed by atoms with Crippen LogP contribution in [0.3, 0.4) is 0 Å². The Labute approximate surface area is 77.2 Å². The predicted octanol–water partition coefficient (Wildman–Crippen LogP) is 2.31. The van der Waals surface area contributed by atoms with Crippen molar-refractivity contribution in [1.29, 1.82) is 0 Å². The molecule has 1 aliphatic rings. The van der Waals surface area contributed by atoms with Crippen LogP contribution < -0.4 is 0 Å². The molecule has 0 unspecified atom stereocenters. The second kappa shape index (κ2) is 3.11. The summed E-state index contributed by atoms with van der Waals surface area (Å²) in [7, 11) is 0. The van der Waals surface area contributed by atoms with E-state index in [0.717, 1.165) is 12.0 Å². The van der Waals surface area contributed by atoms with E-state index < -0.39 is 0 Å². The first-order chi connectivity index (χ1) is 6.18. The zero-order valence-corrected chi connectivity index (χ0v) is 7.57. The van der Waals surface area contributed by atoms with Gasteiger partial charge in [0, 0.05) is 0 Å². The minimum atomic E-state index is -0.270. The van der Waals surface area contributed by atoms with Gasteiger partial charge in [-0.3, -0.25) is 0 Å². The summed E-state index contributed by atoms with van der Waals surface area (Å²) in [6.07, 6.45) is 0.717. The second-order valence-electron chi connectivity index (χ2n) is 3.80. The molecule has 1 N–H and O–H groups in total. The first kappa shape index (κ1) is 8.70. The van der Waals surface area contributed by atoms with Crippen molar-refractivity contribution in [3.05, 3.63) is 35.6 Å². The number of hydrogen-bond donors (Lipinski definition) is 1. The first-order valence-corrected chi connectivity index (χ1v) is 4.62. The van der Waals surface area contributed by atoms with Crippen molar-refractivity contribution in [3.8, 4) is 0 Å². The molecule has 70 valence electrons. The van der Waals surface area contributed by atoms with Gasteiger partial charge < -0.3 is 5.11 Å². The molecule has 0 radical (unpaired) electrons. The third-order valence-corrected chi connectivity index (χ3v) is 2.74. The maximum atomic E-state index is 12.8. The lowest BCUT2D eigenvalue weighted by Gasteiger charge is -2.02. The summed E-state index contributed by atoms with van der Waals surface area (Å²) in [6.45, 7) is 1.80. The quantitative estimate of drug-likeness (QED) is 0.740. The number of aliphatic hydroxyl groups excluding tert-OH is 1. The lowest BCUT2D eigenvalue weighted by atomic mass is 10.1. The smallest absolute Gasteiger partial charge is 0.123 e. The van der Waals surface area contributed by atoms with Crippen LogP contribution in [-0.2, 0) is 0 Å². The fourth-order valence-electron chi connectivity index (χ4n) is 1.87. The van der Waals surface area contributed by atoms with Crippen molar-refractivity contribution in [1.82, 2.24) is 0 Å². The first-order valence-electron chi connectivity index (χ1n) is 4.62. The molecule has 13 heavy (non-hydrogen) atoms. The van der Waals surface area contributed by atoms with Crippen molar-refractivity contribution in [2.75, 3.05) is 0 Å². The molecule has 1 aliphatic carbocycles. The van der Waals surface area contributed by atoms with Crippen LogP contribution >= 0.6 is 0 Å². The average Bonchev–Trinajstić information content (AvgIpc) is 2.82. The fraction of sp³-hybridized carbons (Fsp3) is 0.455. The zero-order chi connectivity index (χ0) is 9.42. The Morgan fingerprint density at radius 3 is 2.85 bits per heavy atom. The van der Waals surface area contributed by atoms with Crippen LogP contribution in [0.2, 0.25) is 0 Å². The van der Waals surface area contributed by atoms with E-state index in [4.69, 9.17) is 0 Å². The number of halogens is 1. The molecule has 1 fully saturated rings. The van der Waals surface area contributed by atoms with Gasteiger partial charge in [-0.25, -0.2) is 4.39 Å². The van der Waals surface area contributed by atoms with E-state index in [1.807, 2.05) is 6.07 Å². The van der Waals surface area contributed by atoms with Gasteiger partial charge >= 0.3 is 0 Å². The van der Waals surface area contributed by atoms with Crippen LogP contribution in [0, 0.1) is 11.7 Å². The normalized spacial score (nSPS) is 28.5. The highest BCUT2D eigenvalue weighted by atomic mass is 19.1. The molecule has 1 nitrogen and oxygen atoms in total. The number of aliphatic hydroxyl groups is 1. The van der Waals surface area contributed by atoms with Gasteiger partial charge in [0.2, 0.25) is 0 Å². The molecular weight excluding hydrogens is 167 g/mol. The van der Waals surface area contributed by atoms with Crippen LogP contribution in [-0.4, -0.2) is 11.2 Å². The van der Waals surface area contributed by atoms with Gasteiger partial charge in [-0.15, -0.1) is 0 Å². The van der Waals surface area contributed by atoms with E-state index >= 15 is 0 Å². The fourth-order valence-corrected chi connectivity index (χ4v) is 1.87. The van der Waals surface area contributed by atoms with Crippen LogP contribution in [0.15, 0.2) is 24.3 Å². The number of benzene rings is 1. The number of hydrogen-bond acceptors (Lipinski definition) is 1. The molecule has 0 spiro atoms. The molecule has 2 heteroatoms. The lowest BCUT2D eigenvalue weighted by Crippen LogP contribution is -2.03. The van der Waals surface area contributed by atoms with Crippen LogP contribution in [0.1, 0.15) is 24.8 Å². The monoisotopic (exact) mass is 180 g/mol. The highest BCUT2D eigenvalue weighted by Crippen LogP contribution is 2.49. The van der Waals surface area contributed by atoms with E-state index in [2.05, 4.69) is 0 Å². The molecule has 3 atom stereocenters. The van der Waals surface area contributed by atoms with Crippen LogP contribution in [0.25, 0.3) is 0 Å². The van der Waals surface area contributed by atoms with Crippen molar-refractivity contribution in [2.24, 2.45) is 5.92 Å². The Balaban J connectivity index is 2.12. The zero-order valence-electron chi connectivity index (χ0n) is 7.57. The largest absolute Gasteiger partial charge is 0.393 e. The molecule has 0 aromatic heterocycles. The van der Waals surface area contributed by atoms with E-state index in [1.54, 1.807) is 19.1 Å². The van der Waals surface area contributed by atoms with Crippen molar-refractivity contribution in [3.63, 3.8) is 0 Å². The Morgan fingerprint density at radius 2 is 2.31 bits per heavy atom. The lowest BCUT2D eigenvalue weighted by molar-refractivity contribution is 0.169. The molecule has 1 saturated carbocycles. The van der Waals surface area contributed by atoms with Crippen molar-refractivity contribution < 1.29 is 9.50 Å². The van der Waals surface area contributed by atoms with E-state index in [1.165, 1.54) is 6.07 Å². The van der Waals surface area contributed by atoms with Gasteiger partial charge in [0.1, 0.15) is 5.82 Å². The van der Waals surface area contributed by atoms with Crippen LogP contribution in [0.5, 0.6) is 0 Å². The summed E-state index contributed by atoms with van der Waals surface area (Å²) in [4.78, 5) is 0. The van der Waals surface area contributed by atoms with E-state index in [9.17, 15) is 9.50 Å². The summed E-state index contributed by atoms with van der Waals surface area (Å²) >= 11 is 0. The molecule has 0 heterocycles. The van der Waals surface area contributed by atoms with Gasteiger partial charge in [0.05, 0.1) is 6.10 Å². The Hall–Kier alpha value is -0.890. The standard InChI is InChI=1S/C11H13FO/c1-7(13)10-6-11(10)8-3-2-4-9(12)5-8/h2-5,7,10-11,13H,6H2,1H3/t7-,10+,11-/m0/s1. The van der Waals surface area contributed by atoms with Gasteiger partial charge in [-0.05, 0) is 42.9 Å². The molecule has 0 aliphatic heterocycles. The molecule has 2 rings (SSSR count). The van der Waals surface area contributed by atoms with Crippen LogP contribution in [0.4, 0.5) is 4.39 Å². The predicted molar refractivity (Wildman–Crippen MR) is 48.9 cm³/mol. The average molecular weight is 180 g/mol. The van der Waals surface area contributed by atoms with Crippen molar-refractivity contribution in [2.45, 2.75) is 25.4 Å². The SMILES string of the molecule is C[C@H](O)[C@H]1C[C@H]1c1cccc(F)c1. The summed E-state index contributed by atoms with van der Waals surface area (Å²) < 4.78 is 12.8. The molecule has 0 saturated heterocycles. The summed E-state index contributed by atoms with van der Waals surface area (Å²) in [5, 5.41) is 9.30. The maximum absolute atomic E-state index is 12.8. The maximum Gasteiger partial charge on any atom is 0.123 e. The summed E-state index contributed by atoms with van der Waals surface area (Å²) in [5.74, 6) is 0.520. The van der Waals surface area contributed by atoms with Gasteiger partial charge in [-0.2, -0.15) is 0 Å².